The molecule has 0 saturated carbocycles. The van der Waals surface area contributed by atoms with Crippen molar-refractivity contribution < 1.29 is 8.42 Å². The van der Waals surface area contributed by atoms with Gasteiger partial charge in [-0.05, 0) is 45.1 Å². The normalized spacial score (nSPS) is 40.5. The second kappa shape index (κ2) is 4.42. The molecule has 2 aliphatic heterocycles. The Balaban J connectivity index is 1.93. The van der Waals surface area contributed by atoms with Crippen LogP contribution in [0.5, 0.6) is 0 Å². The largest absolute Gasteiger partial charge is 0.314 e. The van der Waals surface area contributed by atoms with Crippen LogP contribution in [0, 0.1) is 5.92 Å². The molecule has 2 rings (SSSR count). The number of nitrogens with one attached hydrogen (secondary N) is 1. The van der Waals surface area contributed by atoms with Crippen molar-refractivity contribution >= 4 is 9.84 Å². The third kappa shape index (κ3) is 2.72. The third-order valence-electron chi connectivity index (χ3n) is 3.75. The van der Waals surface area contributed by atoms with E-state index in [1.807, 2.05) is 0 Å². The highest BCUT2D eigenvalue weighted by Crippen LogP contribution is 2.28. The van der Waals surface area contributed by atoms with Crippen molar-refractivity contribution in [3.8, 4) is 0 Å². The Kier molecular flexibility index (Phi) is 3.36. The molecular weight excluding hydrogens is 210 g/mol. The van der Waals surface area contributed by atoms with E-state index < -0.39 is 9.84 Å². The van der Waals surface area contributed by atoms with Crippen LogP contribution in [-0.4, -0.2) is 32.0 Å². The summed E-state index contributed by atoms with van der Waals surface area (Å²) in [7, 11) is -2.76. The van der Waals surface area contributed by atoms with Gasteiger partial charge in [0.1, 0.15) is 0 Å². The monoisotopic (exact) mass is 231 g/mol. The minimum atomic E-state index is -2.76. The van der Waals surface area contributed by atoms with Gasteiger partial charge in [0.2, 0.25) is 0 Å². The second-order valence-corrected chi connectivity index (χ2v) is 7.53. The molecule has 0 aromatic rings. The van der Waals surface area contributed by atoms with Crippen LogP contribution >= 0.6 is 0 Å². The van der Waals surface area contributed by atoms with Crippen molar-refractivity contribution in [1.29, 1.82) is 0 Å². The second-order valence-electron chi connectivity index (χ2n) is 5.13. The van der Waals surface area contributed by atoms with E-state index in [4.69, 9.17) is 0 Å². The Morgan fingerprint density at radius 1 is 1.33 bits per heavy atom. The zero-order valence-electron chi connectivity index (χ0n) is 9.41. The first kappa shape index (κ1) is 11.4. The zero-order valence-corrected chi connectivity index (χ0v) is 10.2. The van der Waals surface area contributed by atoms with E-state index in [1.165, 1.54) is 0 Å². The van der Waals surface area contributed by atoms with Gasteiger partial charge in [-0.1, -0.05) is 6.42 Å². The number of hydrogen-bond donors (Lipinski definition) is 1. The lowest BCUT2D eigenvalue weighted by molar-refractivity contribution is 0.456. The summed E-state index contributed by atoms with van der Waals surface area (Å²) in [6.07, 6.45) is 4.90. The van der Waals surface area contributed by atoms with Crippen molar-refractivity contribution in [2.45, 2.75) is 50.3 Å². The van der Waals surface area contributed by atoms with Crippen LogP contribution in [0.1, 0.15) is 39.0 Å². The van der Waals surface area contributed by atoms with Gasteiger partial charge in [0.25, 0.3) is 0 Å². The topological polar surface area (TPSA) is 46.2 Å². The van der Waals surface area contributed by atoms with Crippen molar-refractivity contribution in [2.75, 3.05) is 12.3 Å². The molecule has 2 fully saturated rings. The smallest absolute Gasteiger partial charge is 0.153 e. The summed E-state index contributed by atoms with van der Waals surface area (Å²) in [5.74, 6) is 1.01. The highest BCUT2D eigenvalue weighted by Gasteiger charge is 2.32. The molecule has 0 aromatic carbocycles. The molecule has 0 aliphatic carbocycles. The molecule has 3 nitrogen and oxygen atoms in total. The molecule has 3 unspecified atom stereocenters. The van der Waals surface area contributed by atoms with Crippen molar-refractivity contribution in [2.24, 2.45) is 5.92 Å². The molecule has 2 aliphatic rings. The average Bonchev–Trinajstić information content (AvgIpc) is 2.55. The molecule has 0 amide bonds. The Bertz CT molecular complexity index is 313. The zero-order chi connectivity index (χ0) is 10.9. The van der Waals surface area contributed by atoms with Gasteiger partial charge >= 0.3 is 0 Å². The van der Waals surface area contributed by atoms with Crippen LogP contribution < -0.4 is 5.32 Å². The minimum Gasteiger partial charge on any atom is -0.314 e. The Morgan fingerprint density at radius 3 is 2.73 bits per heavy atom. The first-order valence-corrected chi connectivity index (χ1v) is 7.74. The van der Waals surface area contributed by atoms with E-state index >= 15 is 0 Å². The fourth-order valence-electron chi connectivity index (χ4n) is 2.87. The lowest BCUT2D eigenvalue weighted by Gasteiger charge is -2.24. The molecule has 1 N–H and O–H groups in total. The van der Waals surface area contributed by atoms with Crippen molar-refractivity contribution in [3.05, 3.63) is 0 Å². The minimum absolute atomic E-state index is 0.0386. The molecule has 4 heteroatoms. The fourth-order valence-corrected chi connectivity index (χ4v) is 4.90. The van der Waals surface area contributed by atoms with E-state index in [2.05, 4.69) is 12.2 Å². The van der Waals surface area contributed by atoms with Gasteiger partial charge < -0.3 is 5.32 Å². The lowest BCUT2D eigenvalue weighted by Crippen LogP contribution is -2.30. The predicted octanol–water partition coefficient (Wildman–Crippen LogP) is 1.34. The molecule has 15 heavy (non-hydrogen) atoms. The summed E-state index contributed by atoms with van der Waals surface area (Å²) in [5.41, 5.74) is 0. The van der Waals surface area contributed by atoms with Crippen LogP contribution in [0.2, 0.25) is 0 Å². The molecular formula is C11H21NO2S. The first-order chi connectivity index (χ1) is 7.08. The molecule has 88 valence electrons. The van der Waals surface area contributed by atoms with Gasteiger partial charge in [-0.25, -0.2) is 8.42 Å². The Labute approximate surface area is 92.6 Å². The molecule has 2 heterocycles. The van der Waals surface area contributed by atoms with Crippen LogP contribution in [-0.2, 0) is 9.84 Å². The Hall–Kier alpha value is -0.0900. The summed E-state index contributed by atoms with van der Waals surface area (Å²) in [6, 6.07) is 0.571. The SMILES string of the molecule is CC1CC(CC2CCCCS2(=O)=O)CN1. The van der Waals surface area contributed by atoms with Gasteiger partial charge in [0.15, 0.2) is 9.84 Å². The maximum atomic E-state index is 11.8. The summed E-state index contributed by atoms with van der Waals surface area (Å²) in [5, 5.41) is 3.35. The van der Waals surface area contributed by atoms with Gasteiger partial charge in [0, 0.05) is 6.04 Å². The van der Waals surface area contributed by atoms with E-state index in [0.717, 1.165) is 38.6 Å². The van der Waals surface area contributed by atoms with E-state index in [9.17, 15) is 8.42 Å². The highest BCUT2D eigenvalue weighted by molar-refractivity contribution is 7.92. The van der Waals surface area contributed by atoms with Crippen LogP contribution in [0.25, 0.3) is 0 Å². The summed E-state index contributed by atoms with van der Waals surface area (Å²) in [6.45, 7) is 3.18. The lowest BCUT2D eigenvalue weighted by atomic mass is 9.98. The van der Waals surface area contributed by atoms with Crippen molar-refractivity contribution in [3.63, 3.8) is 0 Å². The third-order valence-corrected chi connectivity index (χ3v) is 6.05. The Morgan fingerprint density at radius 2 is 2.13 bits per heavy atom. The van der Waals surface area contributed by atoms with Gasteiger partial charge in [-0.2, -0.15) is 0 Å². The fraction of sp³-hybridized carbons (Fsp3) is 1.00. The molecule has 0 bridgehead atoms. The standard InChI is InChI=1S/C11H21NO2S/c1-9-6-10(8-12-9)7-11-4-2-3-5-15(11,13)14/h9-12H,2-8H2,1H3. The number of hydrogen-bond acceptors (Lipinski definition) is 3. The average molecular weight is 231 g/mol. The van der Waals surface area contributed by atoms with E-state index in [-0.39, 0.29) is 5.25 Å². The van der Waals surface area contributed by atoms with Gasteiger partial charge in [0.05, 0.1) is 11.0 Å². The van der Waals surface area contributed by atoms with Crippen LogP contribution in [0.15, 0.2) is 0 Å². The molecule has 3 atom stereocenters. The van der Waals surface area contributed by atoms with E-state index in [0.29, 0.717) is 17.7 Å². The summed E-state index contributed by atoms with van der Waals surface area (Å²) < 4.78 is 23.7. The van der Waals surface area contributed by atoms with Gasteiger partial charge in [-0.15, -0.1) is 0 Å². The molecule has 0 spiro atoms. The summed E-state index contributed by atoms with van der Waals surface area (Å²) in [4.78, 5) is 0. The molecule has 2 saturated heterocycles. The number of rotatable bonds is 2. The maximum absolute atomic E-state index is 11.8. The number of sulfone groups is 1. The highest BCUT2D eigenvalue weighted by atomic mass is 32.2. The van der Waals surface area contributed by atoms with Crippen LogP contribution in [0.3, 0.4) is 0 Å². The quantitative estimate of drug-likeness (QED) is 0.780. The summed E-state index contributed by atoms with van der Waals surface area (Å²) >= 11 is 0. The van der Waals surface area contributed by atoms with Crippen molar-refractivity contribution in [1.82, 2.24) is 5.32 Å². The first-order valence-electron chi connectivity index (χ1n) is 6.03. The maximum Gasteiger partial charge on any atom is 0.153 e. The molecule has 0 aromatic heterocycles. The van der Waals surface area contributed by atoms with Crippen LogP contribution in [0.4, 0.5) is 0 Å². The van der Waals surface area contributed by atoms with Gasteiger partial charge in [-0.3, -0.25) is 0 Å². The van der Waals surface area contributed by atoms with E-state index in [1.54, 1.807) is 0 Å². The molecule has 0 radical (unpaired) electrons. The predicted molar refractivity (Wildman–Crippen MR) is 61.6 cm³/mol.